The van der Waals surface area contributed by atoms with Crippen LogP contribution in [0.3, 0.4) is 0 Å². The molecule has 0 unspecified atom stereocenters. The molecule has 0 aliphatic heterocycles. The molecule has 11 heteroatoms. The predicted octanol–water partition coefficient (Wildman–Crippen LogP) is 3.48. The van der Waals surface area contributed by atoms with Crippen molar-refractivity contribution < 1.29 is 4.79 Å². The molecule has 2 aromatic carbocycles. The highest BCUT2D eigenvalue weighted by molar-refractivity contribution is 7.99. The number of nitrogens with two attached hydrogens (primary N) is 1. The van der Waals surface area contributed by atoms with Gasteiger partial charge in [-0.1, -0.05) is 48.2 Å². The number of nitrogens with one attached hydrogen (secondary N) is 2. The highest BCUT2D eigenvalue weighted by Gasteiger charge is 2.13. The number of hydrogen-bond acceptors (Lipinski definition) is 9. The molecular weight excluding hydrogens is 432 g/mol. The Balaban J connectivity index is 1.37. The molecule has 4 N–H and O–H groups in total. The average molecular weight is 453 g/mol. The number of carbonyl (C=O) groups is 1. The van der Waals surface area contributed by atoms with Gasteiger partial charge in [0.15, 0.2) is 5.13 Å². The minimum absolute atomic E-state index is 0.132. The summed E-state index contributed by atoms with van der Waals surface area (Å²) in [5.41, 5.74) is 5.47. The molecule has 0 saturated heterocycles. The number of aromatic nitrogens is 4. The van der Waals surface area contributed by atoms with Gasteiger partial charge in [0.1, 0.15) is 0 Å². The maximum absolute atomic E-state index is 12.1. The summed E-state index contributed by atoms with van der Waals surface area (Å²) >= 11 is 2.55. The number of benzene rings is 2. The van der Waals surface area contributed by atoms with Crippen LogP contribution in [0.4, 0.5) is 11.1 Å². The fourth-order valence-electron chi connectivity index (χ4n) is 2.76. The molecule has 0 bridgehead atoms. The first kappa shape index (κ1) is 20.8. The van der Waals surface area contributed by atoms with E-state index in [1.165, 1.54) is 33.2 Å². The molecule has 0 atom stereocenters. The van der Waals surface area contributed by atoms with E-state index in [9.17, 15) is 4.79 Å². The average Bonchev–Trinajstić information content (AvgIpc) is 3.34. The molecule has 2 heterocycles. The van der Waals surface area contributed by atoms with Crippen LogP contribution in [0.2, 0.25) is 0 Å². The van der Waals surface area contributed by atoms with Gasteiger partial charge in [-0.2, -0.15) is 5.10 Å². The summed E-state index contributed by atoms with van der Waals surface area (Å²) in [6, 6.07) is 14.3. The van der Waals surface area contributed by atoms with Crippen LogP contribution in [-0.4, -0.2) is 37.2 Å². The molecule has 1 amide bonds. The number of amides is 1. The van der Waals surface area contributed by atoms with Crippen molar-refractivity contribution in [3.05, 3.63) is 59.1 Å². The lowest BCUT2D eigenvalue weighted by Crippen LogP contribution is -2.17. The van der Waals surface area contributed by atoms with Crippen molar-refractivity contribution in [2.45, 2.75) is 19.0 Å². The third kappa shape index (κ3) is 5.01. The second-order valence-electron chi connectivity index (χ2n) is 6.68. The van der Waals surface area contributed by atoms with E-state index in [1.807, 2.05) is 37.4 Å². The van der Waals surface area contributed by atoms with Gasteiger partial charge in [-0.05, 0) is 36.2 Å². The first-order valence-electron chi connectivity index (χ1n) is 9.34. The standard InChI is InChI=1S/C20H20N8OS2/c1-12-10-30-19(22-12)23-17(29)11-31-20-27-26-18(28(20)21)25-24-13(2)15-8-7-14-5-3-4-6-16(14)9-15/h3-10H,11,21H2,1-2H3,(H,25,26)(H,22,23,29)/b24-13+. The largest absolute Gasteiger partial charge is 0.334 e. The first-order valence-corrected chi connectivity index (χ1v) is 11.2. The second-order valence-corrected chi connectivity index (χ2v) is 8.48. The van der Waals surface area contributed by atoms with E-state index in [0.29, 0.717) is 10.3 Å². The van der Waals surface area contributed by atoms with Crippen LogP contribution in [0.1, 0.15) is 18.2 Å². The van der Waals surface area contributed by atoms with Crippen molar-refractivity contribution in [2.24, 2.45) is 5.10 Å². The van der Waals surface area contributed by atoms with Gasteiger partial charge >= 0.3 is 0 Å². The van der Waals surface area contributed by atoms with Crippen molar-refractivity contribution in [1.29, 1.82) is 0 Å². The lowest BCUT2D eigenvalue weighted by atomic mass is 10.0. The SMILES string of the molecule is C/C(=N\Nc1nnc(SCC(=O)Nc2nc(C)cs2)n1N)c1ccc2ccccc2c1. The van der Waals surface area contributed by atoms with Gasteiger partial charge in [0.2, 0.25) is 11.1 Å². The van der Waals surface area contributed by atoms with Crippen molar-refractivity contribution in [2.75, 3.05) is 22.3 Å². The maximum Gasteiger partial charge on any atom is 0.264 e. The van der Waals surface area contributed by atoms with Crippen LogP contribution in [0.15, 0.2) is 58.1 Å². The molecule has 4 rings (SSSR count). The molecule has 158 valence electrons. The first-order chi connectivity index (χ1) is 15.0. The Bertz CT molecular complexity index is 1260. The molecular formula is C20H20N8OS2. The van der Waals surface area contributed by atoms with Gasteiger partial charge in [-0.15, -0.1) is 21.5 Å². The third-order valence-corrected chi connectivity index (χ3v) is 6.17. The van der Waals surface area contributed by atoms with E-state index in [0.717, 1.165) is 22.4 Å². The topological polar surface area (TPSA) is 123 Å². The number of thiazole rings is 1. The molecule has 0 aliphatic rings. The van der Waals surface area contributed by atoms with Crippen LogP contribution in [0.5, 0.6) is 0 Å². The molecule has 9 nitrogen and oxygen atoms in total. The summed E-state index contributed by atoms with van der Waals surface area (Å²) < 4.78 is 1.27. The fourth-order valence-corrected chi connectivity index (χ4v) is 4.12. The molecule has 2 aromatic heterocycles. The van der Waals surface area contributed by atoms with Crippen LogP contribution < -0.4 is 16.6 Å². The quantitative estimate of drug-likeness (QED) is 0.170. The lowest BCUT2D eigenvalue weighted by Gasteiger charge is -2.05. The fraction of sp³-hybridized carbons (Fsp3) is 0.150. The molecule has 4 aromatic rings. The number of fused-ring (bicyclic) bond motifs is 1. The number of anilines is 2. The Morgan fingerprint density at radius 1 is 1.23 bits per heavy atom. The van der Waals surface area contributed by atoms with Gasteiger partial charge in [0, 0.05) is 5.38 Å². The van der Waals surface area contributed by atoms with Gasteiger partial charge in [0.25, 0.3) is 5.95 Å². The number of nitrogen functional groups attached to an aromatic ring is 1. The van der Waals surface area contributed by atoms with Crippen molar-refractivity contribution in [3.8, 4) is 0 Å². The zero-order valence-electron chi connectivity index (χ0n) is 16.9. The number of thioether (sulfide) groups is 1. The minimum atomic E-state index is -0.193. The van der Waals surface area contributed by atoms with Gasteiger partial charge in [-0.3, -0.25) is 4.79 Å². The number of nitrogens with zero attached hydrogens (tertiary/aromatic N) is 5. The van der Waals surface area contributed by atoms with E-state index in [2.05, 4.69) is 55.3 Å². The van der Waals surface area contributed by atoms with Crippen LogP contribution in [-0.2, 0) is 4.79 Å². The Labute approximate surface area is 186 Å². The monoisotopic (exact) mass is 452 g/mol. The molecule has 0 radical (unpaired) electrons. The van der Waals surface area contributed by atoms with Gasteiger partial charge in [-0.25, -0.2) is 15.1 Å². The van der Waals surface area contributed by atoms with E-state index in [-0.39, 0.29) is 17.6 Å². The minimum Gasteiger partial charge on any atom is -0.334 e. The number of hydrazone groups is 1. The summed E-state index contributed by atoms with van der Waals surface area (Å²) in [7, 11) is 0. The summed E-state index contributed by atoms with van der Waals surface area (Å²) in [6.45, 7) is 3.77. The summed E-state index contributed by atoms with van der Waals surface area (Å²) in [6.07, 6.45) is 0. The van der Waals surface area contributed by atoms with E-state index < -0.39 is 0 Å². The van der Waals surface area contributed by atoms with Crippen LogP contribution in [0.25, 0.3) is 10.8 Å². The van der Waals surface area contributed by atoms with Crippen LogP contribution in [0, 0.1) is 6.92 Å². The van der Waals surface area contributed by atoms with Crippen molar-refractivity contribution in [3.63, 3.8) is 0 Å². The van der Waals surface area contributed by atoms with E-state index in [4.69, 9.17) is 5.84 Å². The second kappa shape index (κ2) is 9.14. The summed E-state index contributed by atoms with van der Waals surface area (Å²) in [5.74, 6) is 6.26. The summed E-state index contributed by atoms with van der Waals surface area (Å²) in [4.78, 5) is 16.3. The van der Waals surface area contributed by atoms with E-state index in [1.54, 1.807) is 0 Å². The molecule has 0 spiro atoms. The predicted molar refractivity (Wildman–Crippen MR) is 126 cm³/mol. The zero-order valence-corrected chi connectivity index (χ0v) is 18.5. The maximum atomic E-state index is 12.1. The van der Waals surface area contributed by atoms with Gasteiger partial charge in [0.05, 0.1) is 17.2 Å². The van der Waals surface area contributed by atoms with Gasteiger partial charge < -0.3 is 11.2 Å². The number of hydrogen-bond donors (Lipinski definition) is 3. The van der Waals surface area contributed by atoms with E-state index >= 15 is 0 Å². The normalized spacial score (nSPS) is 11.6. The van der Waals surface area contributed by atoms with Crippen molar-refractivity contribution >= 4 is 56.6 Å². The molecule has 0 aliphatic carbocycles. The zero-order chi connectivity index (χ0) is 21.8. The van der Waals surface area contributed by atoms with Crippen molar-refractivity contribution in [1.82, 2.24) is 19.9 Å². The number of aryl methyl sites for hydroxylation is 1. The molecule has 0 saturated carbocycles. The summed E-state index contributed by atoms with van der Waals surface area (Å²) in [5, 5.41) is 20.3. The highest BCUT2D eigenvalue weighted by atomic mass is 32.2. The molecule has 0 fully saturated rings. The number of carbonyl (C=O) groups excluding carboxylic acids is 1. The number of rotatable bonds is 7. The Hall–Kier alpha value is -3.44. The lowest BCUT2D eigenvalue weighted by molar-refractivity contribution is -0.113. The highest BCUT2D eigenvalue weighted by Crippen LogP contribution is 2.19. The van der Waals surface area contributed by atoms with Crippen LogP contribution >= 0.6 is 23.1 Å². The molecule has 31 heavy (non-hydrogen) atoms. The smallest absolute Gasteiger partial charge is 0.264 e. The third-order valence-electron chi connectivity index (χ3n) is 4.35. The Kier molecular flexibility index (Phi) is 6.14. The Morgan fingerprint density at radius 3 is 2.81 bits per heavy atom. The Morgan fingerprint density at radius 2 is 2.03 bits per heavy atom.